The summed E-state index contributed by atoms with van der Waals surface area (Å²) in [5.41, 5.74) is 6.03. The van der Waals surface area contributed by atoms with Crippen LogP contribution in [0.2, 0.25) is 0 Å². The number of piperidine rings is 1. The van der Waals surface area contributed by atoms with Crippen molar-refractivity contribution in [2.75, 3.05) is 20.1 Å². The fourth-order valence-corrected chi connectivity index (χ4v) is 3.11. The predicted octanol–water partition coefficient (Wildman–Crippen LogP) is 0.714. The van der Waals surface area contributed by atoms with Gasteiger partial charge in [0.25, 0.3) is 0 Å². The molecule has 2 fully saturated rings. The van der Waals surface area contributed by atoms with Gasteiger partial charge in [-0.25, -0.2) is 0 Å². The van der Waals surface area contributed by atoms with E-state index >= 15 is 0 Å². The second-order valence-corrected chi connectivity index (χ2v) is 5.53. The van der Waals surface area contributed by atoms with Crippen molar-refractivity contribution in [2.45, 2.75) is 50.6 Å². The minimum Gasteiger partial charge on any atom is -0.341 e. The maximum atomic E-state index is 12.2. The average Bonchev–Trinajstić information content (AvgIpc) is 2.75. The summed E-state index contributed by atoms with van der Waals surface area (Å²) in [4.78, 5) is 14.2. The van der Waals surface area contributed by atoms with E-state index in [4.69, 9.17) is 5.73 Å². The molecule has 0 aromatic carbocycles. The van der Waals surface area contributed by atoms with Crippen LogP contribution >= 0.6 is 0 Å². The molecule has 1 saturated carbocycles. The van der Waals surface area contributed by atoms with Gasteiger partial charge in [0.1, 0.15) is 0 Å². The Labute approximate surface area is 104 Å². The predicted molar refractivity (Wildman–Crippen MR) is 68.6 cm³/mol. The maximum absolute atomic E-state index is 12.2. The highest BCUT2D eigenvalue weighted by atomic mass is 16.2. The summed E-state index contributed by atoms with van der Waals surface area (Å²) in [5.74, 6) is 0.741. The van der Waals surface area contributed by atoms with E-state index in [2.05, 4.69) is 5.32 Å². The van der Waals surface area contributed by atoms with Gasteiger partial charge in [0.05, 0.1) is 0 Å². The number of nitrogens with one attached hydrogen (secondary N) is 1. The first kappa shape index (κ1) is 12.8. The molecule has 1 unspecified atom stereocenters. The molecule has 0 aromatic rings. The molecule has 0 aromatic heterocycles. The van der Waals surface area contributed by atoms with Gasteiger partial charge in [0.2, 0.25) is 5.91 Å². The van der Waals surface area contributed by atoms with Crippen molar-refractivity contribution in [3.63, 3.8) is 0 Å². The van der Waals surface area contributed by atoms with Crippen molar-refractivity contribution in [3.8, 4) is 0 Å². The lowest BCUT2D eigenvalue weighted by Gasteiger charge is -2.33. The number of carbonyl (C=O) groups excluding carboxylic acids is 1. The van der Waals surface area contributed by atoms with E-state index in [0.717, 1.165) is 32.4 Å². The largest absolute Gasteiger partial charge is 0.341 e. The quantitative estimate of drug-likeness (QED) is 0.763. The van der Waals surface area contributed by atoms with E-state index in [-0.39, 0.29) is 6.04 Å². The molecule has 1 heterocycles. The maximum Gasteiger partial charge on any atom is 0.222 e. The summed E-state index contributed by atoms with van der Waals surface area (Å²) in [7, 11) is 1.98. The Morgan fingerprint density at radius 2 is 2.18 bits per heavy atom. The molecular formula is C13H25N3O. The molecule has 4 heteroatoms. The molecule has 17 heavy (non-hydrogen) atoms. The third kappa shape index (κ3) is 3.19. The van der Waals surface area contributed by atoms with E-state index in [0.29, 0.717) is 24.3 Å². The molecule has 1 aliphatic heterocycles. The Bertz CT molecular complexity index is 269. The molecule has 98 valence electrons. The Kier molecular flexibility index (Phi) is 4.40. The highest BCUT2D eigenvalue weighted by Crippen LogP contribution is 2.27. The molecule has 4 nitrogen and oxygen atoms in total. The van der Waals surface area contributed by atoms with Crippen LogP contribution < -0.4 is 11.1 Å². The molecule has 2 rings (SSSR count). The van der Waals surface area contributed by atoms with E-state index < -0.39 is 0 Å². The van der Waals surface area contributed by atoms with Gasteiger partial charge in [-0.1, -0.05) is 6.42 Å². The number of hydrogen-bond donors (Lipinski definition) is 2. The average molecular weight is 239 g/mol. The lowest BCUT2D eigenvalue weighted by atomic mass is 9.98. The summed E-state index contributed by atoms with van der Waals surface area (Å²) in [6.45, 7) is 1.80. The highest BCUT2D eigenvalue weighted by molar-refractivity contribution is 5.76. The SMILES string of the molecule is CNC1CCCN(C(=O)C[C@@H]2CCC[C@H]2N)C1. The zero-order valence-electron chi connectivity index (χ0n) is 10.8. The Morgan fingerprint density at radius 3 is 2.82 bits per heavy atom. The van der Waals surface area contributed by atoms with Gasteiger partial charge in [-0.15, -0.1) is 0 Å². The smallest absolute Gasteiger partial charge is 0.222 e. The van der Waals surface area contributed by atoms with E-state index in [9.17, 15) is 4.79 Å². The van der Waals surface area contributed by atoms with Crippen LogP contribution in [0.25, 0.3) is 0 Å². The van der Waals surface area contributed by atoms with Crippen molar-refractivity contribution < 1.29 is 4.79 Å². The Balaban J connectivity index is 1.82. The van der Waals surface area contributed by atoms with Crippen LogP contribution in [-0.4, -0.2) is 43.0 Å². The number of likely N-dealkylation sites (tertiary alicyclic amines) is 1. The number of nitrogens with two attached hydrogens (primary N) is 1. The highest BCUT2D eigenvalue weighted by Gasteiger charge is 2.29. The summed E-state index contributed by atoms with van der Waals surface area (Å²) in [6, 6.07) is 0.730. The second-order valence-electron chi connectivity index (χ2n) is 5.53. The minimum absolute atomic E-state index is 0.254. The van der Waals surface area contributed by atoms with Crippen LogP contribution in [0.3, 0.4) is 0 Å². The molecule has 2 aliphatic rings. The fourth-order valence-electron chi connectivity index (χ4n) is 3.11. The van der Waals surface area contributed by atoms with Gasteiger partial charge < -0.3 is 16.0 Å². The zero-order chi connectivity index (χ0) is 12.3. The Hall–Kier alpha value is -0.610. The first-order chi connectivity index (χ1) is 8.20. The number of likely N-dealkylation sites (N-methyl/N-ethyl adjacent to an activating group) is 1. The summed E-state index contributed by atoms with van der Waals surface area (Å²) in [5, 5.41) is 3.27. The van der Waals surface area contributed by atoms with Crippen LogP contribution in [0.15, 0.2) is 0 Å². The Morgan fingerprint density at radius 1 is 1.35 bits per heavy atom. The van der Waals surface area contributed by atoms with Crippen LogP contribution in [-0.2, 0) is 4.79 Å². The van der Waals surface area contributed by atoms with Gasteiger partial charge in [-0.2, -0.15) is 0 Å². The van der Waals surface area contributed by atoms with Crippen molar-refractivity contribution in [3.05, 3.63) is 0 Å². The van der Waals surface area contributed by atoms with E-state index in [1.165, 1.54) is 12.8 Å². The van der Waals surface area contributed by atoms with E-state index in [1.807, 2.05) is 11.9 Å². The third-order valence-electron chi connectivity index (χ3n) is 4.34. The van der Waals surface area contributed by atoms with Crippen LogP contribution in [0, 0.1) is 5.92 Å². The van der Waals surface area contributed by atoms with Gasteiger partial charge in [0.15, 0.2) is 0 Å². The topological polar surface area (TPSA) is 58.4 Å². The minimum atomic E-state index is 0.254. The molecule has 0 radical (unpaired) electrons. The first-order valence-corrected chi connectivity index (χ1v) is 6.91. The van der Waals surface area contributed by atoms with Crippen molar-refractivity contribution in [1.29, 1.82) is 0 Å². The fraction of sp³-hybridized carbons (Fsp3) is 0.923. The van der Waals surface area contributed by atoms with Gasteiger partial charge in [-0.05, 0) is 38.6 Å². The summed E-state index contributed by atoms with van der Waals surface area (Å²) >= 11 is 0. The lowest BCUT2D eigenvalue weighted by Crippen LogP contribution is -2.47. The van der Waals surface area contributed by atoms with Gasteiger partial charge in [0, 0.05) is 31.6 Å². The monoisotopic (exact) mass is 239 g/mol. The molecule has 1 saturated heterocycles. The standard InChI is InChI=1S/C13H25N3O/c1-15-11-5-3-7-16(9-11)13(17)8-10-4-2-6-12(10)14/h10-12,15H,2-9,14H2,1H3/t10-,11?,12+/m0/s1. The van der Waals surface area contributed by atoms with Crippen molar-refractivity contribution in [2.24, 2.45) is 11.7 Å². The number of hydrogen-bond acceptors (Lipinski definition) is 3. The third-order valence-corrected chi connectivity index (χ3v) is 4.34. The molecule has 1 aliphatic carbocycles. The number of amides is 1. The lowest BCUT2D eigenvalue weighted by molar-refractivity contribution is -0.133. The number of carbonyl (C=O) groups is 1. The van der Waals surface area contributed by atoms with Gasteiger partial charge in [-0.3, -0.25) is 4.79 Å². The summed E-state index contributed by atoms with van der Waals surface area (Å²) in [6.07, 6.45) is 6.39. The van der Waals surface area contributed by atoms with Crippen LogP contribution in [0.5, 0.6) is 0 Å². The van der Waals surface area contributed by atoms with Crippen LogP contribution in [0.1, 0.15) is 38.5 Å². The molecular weight excluding hydrogens is 214 g/mol. The van der Waals surface area contributed by atoms with Crippen LogP contribution in [0.4, 0.5) is 0 Å². The molecule has 0 spiro atoms. The zero-order valence-corrected chi connectivity index (χ0v) is 10.8. The van der Waals surface area contributed by atoms with Crippen molar-refractivity contribution in [1.82, 2.24) is 10.2 Å². The summed E-state index contributed by atoms with van der Waals surface area (Å²) < 4.78 is 0. The molecule has 3 atom stereocenters. The van der Waals surface area contributed by atoms with Crippen molar-refractivity contribution >= 4 is 5.91 Å². The number of rotatable bonds is 3. The first-order valence-electron chi connectivity index (χ1n) is 6.91. The number of nitrogens with zero attached hydrogens (tertiary/aromatic N) is 1. The molecule has 1 amide bonds. The molecule has 3 N–H and O–H groups in total. The normalized spacial score (nSPS) is 34.0. The van der Waals surface area contributed by atoms with Gasteiger partial charge >= 0.3 is 0 Å². The second kappa shape index (κ2) is 5.83. The molecule has 0 bridgehead atoms. The van der Waals surface area contributed by atoms with E-state index in [1.54, 1.807) is 0 Å².